The molecule has 1 aliphatic carbocycles. The van der Waals surface area contributed by atoms with E-state index in [0.29, 0.717) is 17.4 Å². The van der Waals surface area contributed by atoms with Gasteiger partial charge in [0.15, 0.2) is 0 Å². The summed E-state index contributed by atoms with van der Waals surface area (Å²) >= 11 is 0. The molecule has 2 unspecified atom stereocenters. The fourth-order valence-electron chi connectivity index (χ4n) is 3.69. The average Bonchev–Trinajstić information content (AvgIpc) is 3.16. The highest BCUT2D eigenvalue weighted by molar-refractivity contribution is 5.86. The fourth-order valence-corrected chi connectivity index (χ4v) is 3.69. The Morgan fingerprint density at radius 3 is 2.92 bits per heavy atom. The molecule has 2 aromatic carbocycles. The molecule has 132 valence electrons. The predicted octanol–water partition coefficient (Wildman–Crippen LogP) is 3.91. The highest BCUT2D eigenvalue weighted by atomic mass is 16.5. The van der Waals surface area contributed by atoms with Gasteiger partial charge in [0.25, 0.3) is 0 Å². The zero-order chi connectivity index (χ0) is 17.8. The van der Waals surface area contributed by atoms with E-state index in [1.807, 2.05) is 18.2 Å². The molecule has 1 aliphatic rings. The van der Waals surface area contributed by atoms with Crippen LogP contribution in [0.4, 0.5) is 0 Å². The van der Waals surface area contributed by atoms with Crippen molar-refractivity contribution in [2.24, 2.45) is 0 Å². The number of benzene rings is 2. The van der Waals surface area contributed by atoms with Crippen LogP contribution in [0.5, 0.6) is 5.75 Å². The SMILES string of the molecule is N#Cc1c(OC2CCCC(NCc3ccccc3)C2)ccc2[nH]ncc12. The van der Waals surface area contributed by atoms with Gasteiger partial charge in [0.1, 0.15) is 23.5 Å². The van der Waals surface area contributed by atoms with Crippen molar-refractivity contribution < 1.29 is 4.74 Å². The Kier molecular flexibility index (Phi) is 4.85. The minimum absolute atomic E-state index is 0.133. The summed E-state index contributed by atoms with van der Waals surface area (Å²) in [5, 5.41) is 20.9. The standard InChI is InChI=1S/C21H22N4O/c22-12-18-19-14-24-25-20(19)9-10-21(18)26-17-8-4-7-16(11-17)23-13-15-5-2-1-3-6-15/h1-3,5-6,9-10,14,16-17,23H,4,7-8,11,13H2,(H,24,25). The summed E-state index contributed by atoms with van der Waals surface area (Å²) in [6, 6.07) is 17.0. The number of ether oxygens (including phenoxy) is 1. The van der Waals surface area contributed by atoms with Crippen molar-refractivity contribution in [3.63, 3.8) is 0 Å². The van der Waals surface area contributed by atoms with Gasteiger partial charge in [0.05, 0.1) is 11.7 Å². The summed E-state index contributed by atoms with van der Waals surface area (Å²) < 4.78 is 6.23. The zero-order valence-corrected chi connectivity index (χ0v) is 14.6. The molecule has 4 rings (SSSR count). The molecular formula is C21H22N4O. The molecule has 0 amide bonds. The van der Waals surface area contributed by atoms with Crippen LogP contribution in [0.15, 0.2) is 48.7 Å². The molecule has 1 saturated carbocycles. The topological polar surface area (TPSA) is 73.7 Å². The third kappa shape index (κ3) is 3.56. The van der Waals surface area contributed by atoms with Crippen LogP contribution in [0, 0.1) is 11.3 Å². The normalized spacial score (nSPS) is 20.0. The van der Waals surface area contributed by atoms with Crippen LogP contribution >= 0.6 is 0 Å². The largest absolute Gasteiger partial charge is 0.489 e. The third-order valence-corrected chi connectivity index (χ3v) is 5.06. The summed E-state index contributed by atoms with van der Waals surface area (Å²) in [5.41, 5.74) is 2.73. The molecule has 1 fully saturated rings. The molecule has 26 heavy (non-hydrogen) atoms. The number of aromatic amines is 1. The van der Waals surface area contributed by atoms with E-state index in [-0.39, 0.29) is 6.10 Å². The van der Waals surface area contributed by atoms with Gasteiger partial charge in [-0.15, -0.1) is 0 Å². The minimum Gasteiger partial charge on any atom is -0.489 e. The average molecular weight is 346 g/mol. The number of hydrogen-bond donors (Lipinski definition) is 2. The van der Waals surface area contributed by atoms with E-state index in [9.17, 15) is 5.26 Å². The van der Waals surface area contributed by atoms with Gasteiger partial charge < -0.3 is 10.1 Å². The number of H-pyrrole nitrogens is 1. The van der Waals surface area contributed by atoms with Crippen molar-refractivity contribution in [1.29, 1.82) is 5.26 Å². The molecule has 0 bridgehead atoms. The Balaban J connectivity index is 1.41. The Hall–Kier alpha value is -2.84. The molecule has 2 N–H and O–H groups in total. The number of nitrogens with zero attached hydrogens (tertiary/aromatic N) is 2. The highest BCUT2D eigenvalue weighted by Crippen LogP contribution is 2.30. The first-order chi connectivity index (χ1) is 12.8. The maximum Gasteiger partial charge on any atom is 0.138 e. The second-order valence-corrected chi connectivity index (χ2v) is 6.85. The molecule has 1 aromatic heterocycles. The first-order valence-corrected chi connectivity index (χ1v) is 9.13. The van der Waals surface area contributed by atoms with Gasteiger partial charge in [-0.3, -0.25) is 5.10 Å². The quantitative estimate of drug-likeness (QED) is 0.734. The summed E-state index contributed by atoms with van der Waals surface area (Å²) in [6.45, 7) is 0.878. The third-order valence-electron chi connectivity index (χ3n) is 5.06. The number of nitrogens with one attached hydrogen (secondary N) is 2. The van der Waals surface area contributed by atoms with Crippen molar-refractivity contribution >= 4 is 10.9 Å². The van der Waals surface area contributed by atoms with Crippen molar-refractivity contribution in [1.82, 2.24) is 15.5 Å². The smallest absolute Gasteiger partial charge is 0.138 e. The summed E-state index contributed by atoms with van der Waals surface area (Å²) in [4.78, 5) is 0. The lowest BCUT2D eigenvalue weighted by molar-refractivity contribution is 0.134. The van der Waals surface area contributed by atoms with Crippen LogP contribution in [-0.4, -0.2) is 22.3 Å². The molecule has 0 aliphatic heterocycles. The van der Waals surface area contributed by atoms with Crippen molar-refractivity contribution in [2.75, 3.05) is 0 Å². The van der Waals surface area contributed by atoms with Gasteiger partial charge in [-0.1, -0.05) is 30.3 Å². The van der Waals surface area contributed by atoms with Crippen LogP contribution < -0.4 is 10.1 Å². The monoisotopic (exact) mass is 346 g/mol. The Bertz CT molecular complexity index is 913. The Morgan fingerprint density at radius 1 is 1.19 bits per heavy atom. The second kappa shape index (κ2) is 7.59. The number of hydrogen-bond acceptors (Lipinski definition) is 4. The summed E-state index contributed by atoms with van der Waals surface area (Å²) in [5.74, 6) is 0.662. The van der Waals surface area contributed by atoms with E-state index in [1.165, 1.54) is 12.0 Å². The van der Waals surface area contributed by atoms with Gasteiger partial charge >= 0.3 is 0 Å². The van der Waals surface area contributed by atoms with Crippen molar-refractivity contribution in [3.05, 3.63) is 59.8 Å². The maximum absolute atomic E-state index is 9.54. The van der Waals surface area contributed by atoms with Gasteiger partial charge in [0.2, 0.25) is 0 Å². The maximum atomic E-state index is 9.54. The summed E-state index contributed by atoms with van der Waals surface area (Å²) in [7, 11) is 0. The van der Waals surface area contributed by atoms with E-state index in [1.54, 1.807) is 6.20 Å². The van der Waals surface area contributed by atoms with E-state index >= 15 is 0 Å². The van der Waals surface area contributed by atoms with Crippen LogP contribution in [0.2, 0.25) is 0 Å². The molecule has 0 spiro atoms. The van der Waals surface area contributed by atoms with Gasteiger partial charge in [-0.2, -0.15) is 10.4 Å². The molecule has 2 atom stereocenters. The summed E-state index contributed by atoms with van der Waals surface area (Å²) in [6.07, 6.45) is 6.10. The van der Waals surface area contributed by atoms with E-state index in [4.69, 9.17) is 4.74 Å². The molecule has 0 radical (unpaired) electrons. The lowest BCUT2D eigenvalue weighted by Crippen LogP contribution is -2.37. The van der Waals surface area contributed by atoms with E-state index in [2.05, 4.69) is 45.8 Å². The van der Waals surface area contributed by atoms with Gasteiger partial charge in [-0.05, 0) is 43.4 Å². The van der Waals surface area contributed by atoms with E-state index < -0.39 is 0 Å². The number of fused-ring (bicyclic) bond motifs is 1. The Labute approximate surface area is 153 Å². The van der Waals surface area contributed by atoms with Gasteiger partial charge in [0, 0.05) is 18.0 Å². The lowest BCUT2D eigenvalue weighted by atomic mass is 9.92. The molecular weight excluding hydrogens is 324 g/mol. The lowest BCUT2D eigenvalue weighted by Gasteiger charge is -2.30. The number of aromatic nitrogens is 2. The second-order valence-electron chi connectivity index (χ2n) is 6.85. The van der Waals surface area contributed by atoms with Crippen molar-refractivity contribution in [2.45, 2.75) is 44.4 Å². The Morgan fingerprint density at radius 2 is 2.08 bits per heavy atom. The molecule has 0 saturated heterocycles. The molecule has 5 nitrogen and oxygen atoms in total. The minimum atomic E-state index is 0.133. The predicted molar refractivity (Wildman–Crippen MR) is 101 cm³/mol. The fraction of sp³-hybridized carbons (Fsp3) is 0.333. The van der Waals surface area contributed by atoms with Crippen molar-refractivity contribution in [3.8, 4) is 11.8 Å². The molecule has 5 heteroatoms. The molecule has 3 aromatic rings. The van der Waals surface area contributed by atoms with Crippen LogP contribution in [-0.2, 0) is 6.54 Å². The van der Waals surface area contributed by atoms with Gasteiger partial charge in [-0.25, -0.2) is 0 Å². The van der Waals surface area contributed by atoms with Crippen LogP contribution in [0.1, 0.15) is 36.8 Å². The van der Waals surface area contributed by atoms with Crippen LogP contribution in [0.3, 0.4) is 0 Å². The highest BCUT2D eigenvalue weighted by Gasteiger charge is 2.24. The number of rotatable bonds is 5. The molecule has 1 heterocycles. The van der Waals surface area contributed by atoms with Crippen LogP contribution in [0.25, 0.3) is 10.9 Å². The first-order valence-electron chi connectivity index (χ1n) is 9.13. The first kappa shape index (κ1) is 16.6. The number of nitriles is 1. The zero-order valence-electron chi connectivity index (χ0n) is 14.6. The van der Waals surface area contributed by atoms with E-state index in [0.717, 1.165) is 36.7 Å².